The van der Waals surface area contributed by atoms with Gasteiger partial charge in [0.25, 0.3) is 5.91 Å². The van der Waals surface area contributed by atoms with Crippen LogP contribution in [-0.2, 0) is 32.1 Å². The first-order valence-corrected chi connectivity index (χ1v) is 21.7. The van der Waals surface area contributed by atoms with Crippen LogP contribution in [-0.4, -0.2) is 85.7 Å². The summed E-state index contributed by atoms with van der Waals surface area (Å²) in [7, 11) is 3.08. The Morgan fingerprint density at radius 3 is 2.21 bits per heavy atom. The van der Waals surface area contributed by atoms with Crippen molar-refractivity contribution < 1.29 is 38.1 Å². The minimum absolute atomic E-state index is 0.0453. The van der Waals surface area contributed by atoms with Crippen molar-refractivity contribution in [1.82, 2.24) is 14.8 Å². The molecule has 62 heavy (non-hydrogen) atoms. The van der Waals surface area contributed by atoms with Crippen molar-refractivity contribution in [1.29, 1.82) is 0 Å². The van der Waals surface area contributed by atoms with Gasteiger partial charge in [0.1, 0.15) is 24.6 Å². The summed E-state index contributed by atoms with van der Waals surface area (Å²) >= 11 is 12.9. The summed E-state index contributed by atoms with van der Waals surface area (Å²) < 4.78 is 29.4. The molecule has 1 amide bonds. The van der Waals surface area contributed by atoms with Crippen molar-refractivity contribution in [2.45, 2.75) is 50.4 Å². The molecule has 322 valence electrons. The number of rotatable bonds is 16. The Bertz CT molecular complexity index is 2360. The number of likely N-dealkylation sites (tertiary alicyclic amines) is 1. The van der Waals surface area contributed by atoms with Crippen molar-refractivity contribution >= 4 is 41.0 Å². The quantitative estimate of drug-likeness (QED) is 0.0892. The largest absolute Gasteiger partial charge is 0.493 e. The first kappa shape index (κ1) is 43.0. The number of halogens is 2. The smallest absolute Gasteiger partial charge is 0.313 e. The van der Waals surface area contributed by atoms with Crippen LogP contribution in [0.25, 0.3) is 0 Å². The van der Waals surface area contributed by atoms with Crippen LogP contribution in [0.4, 0.5) is 0 Å². The van der Waals surface area contributed by atoms with E-state index in [4.69, 9.17) is 46.9 Å². The first-order chi connectivity index (χ1) is 30.1. The molecule has 0 radical (unpaired) electrons. The Morgan fingerprint density at radius 2 is 1.50 bits per heavy atom. The summed E-state index contributed by atoms with van der Waals surface area (Å²) in [5.41, 5.74) is 4.53. The number of fused-ring (bicyclic) bond motifs is 3. The average Bonchev–Trinajstić information content (AvgIpc) is 3.28. The van der Waals surface area contributed by atoms with E-state index < -0.39 is 18.0 Å². The third-order valence-electron chi connectivity index (χ3n) is 12.2. The number of carbonyl (C=O) groups is 3. The number of aromatic nitrogens is 1. The van der Waals surface area contributed by atoms with Crippen LogP contribution in [0.2, 0.25) is 10.0 Å². The molecule has 0 N–H and O–H groups in total. The second kappa shape index (κ2) is 19.6. The maximum absolute atomic E-state index is 13.6. The molecular formula is C49H49Cl2N3O8. The van der Waals surface area contributed by atoms with Gasteiger partial charge in [-0.15, -0.1) is 0 Å². The Balaban J connectivity index is 0.886. The van der Waals surface area contributed by atoms with Crippen molar-refractivity contribution in [2.75, 3.05) is 46.9 Å². The predicted molar refractivity (Wildman–Crippen MR) is 235 cm³/mol. The fourth-order valence-electron chi connectivity index (χ4n) is 8.63. The van der Waals surface area contributed by atoms with Crippen LogP contribution in [0, 0.1) is 11.8 Å². The summed E-state index contributed by atoms with van der Waals surface area (Å²) in [5, 5.41) is 0.705. The summed E-state index contributed by atoms with van der Waals surface area (Å²) in [5.74, 6) is 0.540. The monoisotopic (exact) mass is 877 g/mol. The van der Waals surface area contributed by atoms with Gasteiger partial charge in [0.15, 0.2) is 11.5 Å². The molecule has 0 unspecified atom stereocenters. The normalized spacial score (nSPS) is 19.2. The number of benzene rings is 4. The predicted octanol–water partition coefficient (Wildman–Crippen LogP) is 8.74. The average molecular weight is 879 g/mol. The van der Waals surface area contributed by atoms with Crippen molar-refractivity contribution in [3.8, 4) is 17.2 Å². The van der Waals surface area contributed by atoms with E-state index in [1.807, 2.05) is 72.8 Å². The zero-order valence-corrected chi connectivity index (χ0v) is 36.2. The highest BCUT2D eigenvalue weighted by atomic mass is 35.5. The highest BCUT2D eigenvalue weighted by Gasteiger charge is 2.39. The van der Waals surface area contributed by atoms with Gasteiger partial charge in [-0.25, -0.2) is 0 Å². The molecule has 4 aliphatic rings. The van der Waals surface area contributed by atoms with Gasteiger partial charge in [-0.3, -0.25) is 24.3 Å². The molecule has 0 saturated carbocycles. The molecule has 4 fully saturated rings. The number of esters is 2. The zero-order chi connectivity index (χ0) is 43.2. The number of methoxy groups -OCH3 is 2. The van der Waals surface area contributed by atoms with Crippen molar-refractivity contribution in [3.63, 3.8) is 0 Å². The number of carbonyl (C=O) groups excluding carboxylic acids is 3. The van der Waals surface area contributed by atoms with Crippen LogP contribution < -0.4 is 14.2 Å². The number of ether oxygens (including phenoxy) is 5. The van der Waals surface area contributed by atoms with Crippen molar-refractivity contribution in [2.24, 2.45) is 11.8 Å². The summed E-state index contributed by atoms with van der Waals surface area (Å²) in [6.45, 7) is 3.62. The Hall–Kier alpha value is -5.62. The van der Waals surface area contributed by atoms with E-state index in [0.717, 1.165) is 49.2 Å². The molecule has 2 bridgehead atoms. The molecule has 3 atom stereocenters. The van der Waals surface area contributed by atoms with Gasteiger partial charge in [0.05, 0.1) is 36.6 Å². The second-order valence-electron chi connectivity index (χ2n) is 16.1. The van der Waals surface area contributed by atoms with E-state index in [9.17, 15) is 14.4 Å². The molecule has 9 rings (SSSR count). The van der Waals surface area contributed by atoms with Crippen LogP contribution in [0.5, 0.6) is 17.2 Å². The fraction of sp³-hybridized carbons (Fsp3) is 0.347. The lowest BCUT2D eigenvalue weighted by molar-refractivity contribution is -0.160. The van der Waals surface area contributed by atoms with Crippen LogP contribution in [0.1, 0.15) is 69.5 Å². The lowest BCUT2D eigenvalue weighted by Crippen LogP contribution is -2.53. The number of piperidine rings is 3. The van der Waals surface area contributed by atoms with Gasteiger partial charge in [-0.1, -0.05) is 83.9 Å². The van der Waals surface area contributed by atoms with E-state index in [2.05, 4.69) is 9.88 Å². The van der Waals surface area contributed by atoms with Gasteiger partial charge in [-0.05, 0) is 96.1 Å². The van der Waals surface area contributed by atoms with E-state index in [-0.39, 0.29) is 56.4 Å². The van der Waals surface area contributed by atoms with Gasteiger partial charge in [0, 0.05) is 49.9 Å². The second-order valence-corrected chi connectivity index (χ2v) is 16.9. The maximum atomic E-state index is 13.6. The van der Waals surface area contributed by atoms with Gasteiger partial charge in [0.2, 0.25) is 0 Å². The molecule has 4 saturated heterocycles. The number of pyridine rings is 1. The highest BCUT2D eigenvalue weighted by molar-refractivity contribution is 6.35. The standard InChI is InChI=1S/C49H49Cl2N3O8/c1-58-43-15-14-35(22-45(43)59-2)44(23-40-41(50)25-52-26-42(40)51)62-49(57)37-27-54(28-37)48(56)36-12-6-8-31(20-36)30-60-38-13-7-11-34(21-38)39(32-9-4-3-5-10-32)24-47(55)61-46-29-53-18-16-33(46)17-19-53/h3-15,20-22,25-26,33,37,39,44,46H,16-19,23-24,27-30H2,1-2H3/t39-,44-,46-/m0/s1. The van der Waals surface area contributed by atoms with Crippen LogP contribution in [0.3, 0.4) is 0 Å². The van der Waals surface area contributed by atoms with Crippen LogP contribution in [0.15, 0.2) is 109 Å². The minimum Gasteiger partial charge on any atom is -0.493 e. The molecule has 4 aromatic carbocycles. The number of hydrogen-bond acceptors (Lipinski definition) is 10. The molecular weight excluding hydrogens is 829 g/mol. The summed E-state index contributed by atoms with van der Waals surface area (Å²) in [6, 6.07) is 30.4. The van der Waals surface area contributed by atoms with Gasteiger partial charge in [-0.2, -0.15) is 0 Å². The fourth-order valence-corrected chi connectivity index (χ4v) is 9.15. The topological polar surface area (TPSA) is 117 Å². The molecule has 13 heteroatoms. The molecule has 1 aromatic heterocycles. The van der Waals surface area contributed by atoms with E-state index in [0.29, 0.717) is 49.9 Å². The highest BCUT2D eigenvalue weighted by Crippen LogP contribution is 2.37. The molecule has 0 aliphatic carbocycles. The summed E-state index contributed by atoms with van der Waals surface area (Å²) in [6.07, 6.45) is 4.76. The third kappa shape index (κ3) is 10.0. The molecule has 5 heterocycles. The molecule has 4 aliphatic heterocycles. The third-order valence-corrected chi connectivity index (χ3v) is 12.8. The SMILES string of the molecule is COc1ccc([C@H](Cc2c(Cl)cncc2Cl)OC(=O)C2CN(C(=O)c3cccc(COc4cccc([C@@H](CC(=O)O[C@H]5CN6CCC5CC6)c5ccccc5)c4)c3)C2)cc1OC. The lowest BCUT2D eigenvalue weighted by atomic mass is 9.85. The van der Waals surface area contributed by atoms with Crippen LogP contribution >= 0.6 is 23.2 Å². The van der Waals surface area contributed by atoms with E-state index in [1.165, 1.54) is 19.5 Å². The number of hydrogen-bond donors (Lipinski definition) is 0. The molecule has 0 spiro atoms. The Kier molecular flexibility index (Phi) is 13.6. The van der Waals surface area contributed by atoms with Gasteiger partial charge < -0.3 is 28.6 Å². The Morgan fingerprint density at radius 1 is 0.774 bits per heavy atom. The maximum Gasteiger partial charge on any atom is 0.313 e. The van der Waals surface area contributed by atoms with Crippen molar-refractivity contribution in [3.05, 3.63) is 153 Å². The number of nitrogens with zero attached hydrogens (tertiary/aromatic N) is 3. The minimum atomic E-state index is -0.762. The van der Waals surface area contributed by atoms with E-state index >= 15 is 0 Å². The number of amides is 1. The first-order valence-electron chi connectivity index (χ1n) is 20.9. The molecule has 5 aromatic rings. The Labute approximate surface area is 371 Å². The lowest BCUT2D eigenvalue weighted by Gasteiger charge is -2.44. The van der Waals surface area contributed by atoms with E-state index in [1.54, 1.807) is 36.3 Å². The van der Waals surface area contributed by atoms with Gasteiger partial charge >= 0.3 is 11.9 Å². The summed E-state index contributed by atoms with van der Waals surface area (Å²) in [4.78, 5) is 48.7. The molecule has 11 nitrogen and oxygen atoms in total. The zero-order valence-electron chi connectivity index (χ0n) is 34.7.